The van der Waals surface area contributed by atoms with Crippen LogP contribution in [-0.4, -0.2) is 29.7 Å². The smallest absolute Gasteiger partial charge is 0.251 e. The van der Waals surface area contributed by atoms with Gasteiger partial charge in [-0.3, -0.25) is 9.59 Å². The molecule has 4 aromatic rings. The number of aryl methyl sites for hydroxylation is 1. The molecule has 7 nitrogen and oxygen atoms in total. The standard InChI is InChI=1S/C30H30N4O3/c1-21-18-25(22(2)34(21)26-14-16-27(37-3)17-15-26)20-31-33-29(35)19-28(23-10-6-4-7-11-23)32-30(36)24-12-8-5-9-13-24/h4-18,20,28H,19H2,1-3H3,(H,32,36)(H,33,35)/b31-20-/t28-/m1/s1. The topological polar surface area (TPSA) is 84.7 Å². The van der Waals surface area contributed by atoms with Crippen molar-refractivity contribution in [2.75, 3.05) is 7.11 Å². The first-order valence-corrected chi connectivity index (χ1v) is 12.0. The zero-order valence-corrected chi connectivity index (χ0v) is 21.1. The van der Waals surface area contributed by atoms with Crippen molar-refractivity contribution >= 4 is 18.0 Å². The number of carbonyl (C=O) groups is 2. The molecule has 3 aromatic carbocycles. The Hall–Kier alpha value is -4.65. The fraction of sp³-hybridized carbons (Fsp3) is 0.167. The van der Waals surface area contributed by atoms with Crippen LogP contribution in [-0.2, 0) is 4.79 Å². The number of amides is 2. The monoisotopic (exact) mass is 494 g/mol. The molecule has 0 aliphatic carbocycles. The number of hydrogen-bond acceptors (Lipinski definition) is 4. The van der Waals surface area contributed by atoms with Gasteiger partial charge < -0.3 is 14.6 Å². The molecule has 0 unspecified atom stereocenters. The van der Waals surface area contributed by atoms with Crippen LogP contribution in [0.15, 0.2) is 96.1 Å². The van der Waals surface area contributed by atoms with Gasteiger partial charge in [-0.05, 0) is 61.9 Å². The van der Waals surface area contributed by atoms with Gasteiger partial charge in [0.05, 0.1) is 25.8 Å². The van der Waals surface area contributed by atoms with Crippen molar-refractivity contribution in [3.05, 3.63) is 119 Å². The number of nitrogens with one attached hydrogen (secondary N) is 2. The number of carbonyl (C=O) groups excluding carboxylic acids is 2. The second kappa shape index (κ2) is 11.9. The van der Waals surface area contributed by atoms with Gasteiger partial charge in [0.15, 0.2) is 0 Å². The molecular weight excluding hydrogens is 464 g/mol. The van der Waals surface area contributed by atoms with E-state index >= 15 is 0 Å². The molecule has 2 amide bonds. The number of benzene rings is 3. The van der Waals surface area contributed by atoms with Crippen molar-refractivity contribution in [3.8, 4) is 11.4 Å². The molecule has 0 aliphatic rings. The summed E-state index contributed by atoms with van der Waals surface area (Å²) in [5, 5.41) is 7.16. The summed E-state index contributed by atoms with van der Waals surface area (Å²) in [6, 6.07) is 27.7. The third kappa shape index (κ3) is 6.32. The Balaban J connectivity index is 1.44. The molecular formula is C30H30N4O3. The van der Waals surface area contributed by atoms with Crippen LogP contribution >= 0.6 is 0 Å². The predicted octanol–water partition coefficient (Wildman–Crippen LogP) is 5.11. The van der Waals surface area contributed by atoms with Crippen LogP contribution in [0, 0.1) is 13.8 Å². The molecule has 0 radical (unpaired) electrons. The molecule has 0 fully saturated rings. The second-order valence-corrected chi connectivity index (χ2v) is 8.66. The van der Waals surface area contributed by atoms with Crippen molar-refractivity contribution in [2.45, 2.75) is 26.3 Å². The molecule has 37 heavy (non-hydrogen) atoms. The Morgan fingerprint density at radius 2 is 1.59 bits per heavy atom. The van der Waals surface area contributed by atoms with Gasteiger partial charge in [0.2, 0.25) is 5.91 Å². The van der Waals surface area contributed by atoms with Gasteiger partial charge in [-0.15, -0.1) is 0 Å². The Kier molecular flexibility index (Phi) is 8.15. The van der Waals surface area contributed by atoms with Crippen molar-refractivity contribution < 1.29 is 14.3 Å². The minimum absolute atomic E-state index is 0.0464. The third-order valence-electron chi connectivity index (χ3n) is 6.13. The lowest BCUT2D eigenvalue weighted by molar-refractivity contribution is -0.121. The van der Waals surface area contributed by atoms with Crippen LogP contribution in [0.1, 0.15) is 45.3 Å². The Morgan fingerprint density at radius 3 is 2.24 bits per heavy atom. The maximum absolute atomic E-state index is 12.8. The Morgan fingerprint density at radius 1 is 0.946 bits per heavy atom. The minimum Gasteiger partial charge on any atom is -0.497 e. The molecule has 0 saturated carbocycles. The van der Waals surface area contributed by atoms with Gasteiger partial charge in [0.25, 0.3) is 5.91 Å². The summed E-state index contributed by atoms with van der Waals surface area (Å²) in [6.45, 7) is 4.03. The molecule has 1 atom stereocenters. The van der Waals surface area contributed by atoms with Crippen LogP contribution in [0.4, 0.5) is 0 Å². The Labute approximate surface area is 216 Å². The van der Waals surface area contributed by atoms with Crippen LogP contribution in [0.25, 0.3) is 5.69 Å². The van der Waals surface area contributed by atoms with E-state index in [1.54, 1.807) is 37.6 Å². The summed E-state index contributed by atoms with van der Waals surface area (Å²) >= 11 is 0. The first-order chi connectivity index (χ1) is 18.0. The quantitative estimate of drug-likeness (QED) is 0.250. The molecule has 0 saturated heterocycles. The fourth-order valence-corrected chi connectivity index (χ4v) is 4.22. The molecule has 7 heteroatoms. The fourth-order valence-electron chi connectivity index (χ4n) is 4.22. The molecule has 0 aliphatic heterocycles. The summed E-state index contributed by atoms with van der Waals surface area (Å²) < 4.78 is 7.37. The average molecular weight is 495 g/mol. The molecule has 1 heterocycles. The van der Waals surface area contributed by atoms with E-state index in [1.807, 2.05) is 80.6 Å². The van der Waals surface area contributed by atoms with Crippen LogP contribution in [0.3, 0.4) is 0 Å². The predicted molar refractivity (Wildman–Crippen MR) is 145 cm³/mol. The van der Waals surface area contributed by atoms with Gasteiger partial charge in [0, 0.05) is 28.2 Å². The summed E-state index contributed by atoms with van der Waals surface area (Å²) in [4.78, 5) is 25.5. The zero-order chi connectivity index (χ0) is 26.2. The van der Waals surface area contributed by atoms with E-state index < -0.39 is 6.04 Å². The number of methoxy groups -OCH3 is 1. The normalized spacial score (nSPS) is 11.8. The number of ether oxygens (including phenoxy) is 1. The highest BCUT2D eigenvalue weighted by molar-refractivity contribution is 5.94. The molecule has 1 aromatic heterocycles. The van der Waals surface area contributed by atoms with Gasteiger partial charge in [0.1, 0.15) is 5.75 Å². The number of hydrogen-bond donors (Lipinski definition) is 2. The minimum atomic E-state index is -0.496. The lowest BCUT2D eigenvalue weighted by Gasteiger charge is -2.18. The zero-order valence-electron chi connectivity index (χ0n) is 21.1. The highest BCUT2D eigenvalue weighted by Crippen LogP contribution is 2.22. The van der Waals surface area contributed by atoms with E-state index in [-0.39, 0.29) is 18.2 Å². The van der Waals surface area contributed by atoms with E-state index in [0.717, 1.165) is 34.0 Å². The van der Waals surface area contributed by atoms with Crippen LogP contribution in [0.2, 0.25) is 0 Å². The summed E-state index contributed by atoms with van der Waals surface area (Å²) in [7, 11) is 1.64. The Bertz CT molecular complexity index is 1380. The van der Waals surface area contributed by atoms with E-state index in [9.17, 15) is 9.59 Å². The summed E-state index contributed by atoms with van der Waals surface area (Å²) in [6.07, 6.45) is 1.69. The van der Waals surface area contributed by atoms with Crippen LogP contribution < -0.4 is 15.5 Å². The highest BCUT2D eigenvalue weighted by atomic mass is 16.5. The molecule has 4 rings (SSSR count). The molecule has 0 bridgehead atoms. The average Bonchev–Trinajstić information content (AvgIpc) is 3.21. The third-order valence-corrected chi connectivity index (χ3v) is 6.13. The maximum atomic E-state index is 12.8. The molecule has 2 N–H and O–H groups in total. The first-order valence-electron chi connectivity index (χ1n) is 12.0. The van der Waals surface area contributed by atoms with Gasteiger partial charge in [-0.1, -0.05) is 48.5 Å². The molecule has 0 spiro atoms. The van der Waals surface area contributed by atoms with Gasteiger partial charge in [-0.2, -0.15) is 5.10 Å². The number of nitrogens with zero attached hydrogens (tertiary/aromatic N) is 2. The lowest BCUT2D eigenvalue weighted by atomic mass is 10.0. The summed E-state index contributed by atoms with van der Waals surface area (Å²) in [5.74, 6) is 0.253. The summed E-state index contributed by atoms with van der Waals surface area (Å²) in [5.41, 5.74) is 7.94. The maximum Gasteiger partial charge on any atom is 0.251 e. The van der Waals surface area contributed by atoms with Gasteiger partial charge >= 0.3 is 0 Å². The largest absolute Gasteiger partial charge is 0.497 e. The number of aromatic nitrogens is 1. The lowest BCUT2D eigenvalue weighted by Crippen LogP contribution is -2.32. The second-order valence-electron chi connectivity index (χ2n) is 8.66. The van der Waals surface area contributed by atoms with Crippen LogP contribution in [0.5, 0.6) is 5.75 Å². The van der Waals surface area contributed by atoms with Crippen molar-refractivity contribution in [1.82, 2.24) is 15.3 Å². The first kappa shape index (κ1) is 25.4. The van der Waals surface area contributed by atoms with E-state index in [1.165, 1.54) is 0 Å². The van der Waals surface area contributed by atoms with E-state index in [4.69, 9.17) is 4.74 Å². The van der Waals surface area contributed by atoms with Gasteiger partial charge in [-0.25, -0.2) is 5.43 Å². The number of hydrazone groups is 1. The van der Waals surface area contributed by atoms with E-state index in [2.05, 4.69) is 20.4 Å². The van der Waals surface area contributed by atoms with Crippen molar-refractivity contribution in [1.29, 1.82) is 0 Å². The molecule has 188 valence electrons. The SMILES string of the molecule is COc1ccc(-n2c(C)cc(/C=N\NC(=O)C[C@@H](NC(=O)c3ccccc3)c3ccccc3)c2C)cc1. The van der Waals surface area contributed by atoms with Crippen molar-refractivity contribution in [3.63, 3.8) is 0 Å². The van der Waals surface area contributed by atoms with E-state index in [0.29, 0.717) is 5.56 Å². The highest BCUT2D eigenvalue weighted by Gasteiger charge is 2.19. The number of rotatable bonds is 9. The van der Waals surface area contributed by atoms with Crippen molar-refractivity contribution in [2.24, 2.45) is 5.10 Å².